The first-order valence-electron chi connectivity index (χ1n) is 12.9. The molecule has 2 aliphatic rings. The molecule has 1 N–H and O–H groups in total. The summed E-state index contributed by atoms with van der Waals surface area (Å²) in [4.78, 5) is 61.6. The Morgan fingerprint density at radius 2 is 1.88 bits per heavy atom. The Kier molecular flexibility index (Phi) is 7.59. The van der Waals surface area contributed by atoms with Crippen molar-refractivity contribution in [3.05, 3.63) is 78.6 Å². The number of carbonyl (C=O) groups is 4. The van der Waals surface area contributed by atoms with Crippen LogP contribution in [0.2, 0.25) is 0 Å². The Balaban J connectivity index is 1.30. The van der Waals surface area contributed by atoms with Gasteiger partial charge < -0.3 is 14.8 Å². The van der Waals surface area contributed by atoms with Crippen molar-refractivity contribution in [1.82, 2.24) is 29.1 Å². The number of carbonyl (C=O) groups excluding carboxylic acids is 4. The van der Waals surface area contributed by atoms with Crippen molar-refractivity contribution in [3.63, 3.8) is 0 Å². The molecular formula is C27H28N6O6S. The fraction of sp³-hybridized carbons (Fsp3) is 0.333. The van der Waals surface area contributed by atoms with Crippen molar-refractivity contribution in [2.45, 2.75) is 44.3 Å². The van der Waals surface area contributed by atoms with Crippen LogP contribution < -0.4 is 5.32 Å². The number of fused-ring (bicyclic) bond motifs is 1. The van der Waals surface area contributed by atoms with E-state index in [9.17, 15) is 27.6 Å². The summed E-state index contributed by atoms with van der Waals surface area (Å²) >= 11 is 0. The third-order valence-electron chi connectivity index (χ3n) is 7.19. The van der Waals surface area contributed by atoms with Gasteiger partial charge in [0.2, 0.25) is 5.91 Å². The van der Waals surface area contributed by atoms with E-state index in [-0.39, 0.29) is 18.7 Å². The number of hydrogen-bond acceptors (Lipinski definition) is 8. The minimum atomic E-state index is -4.54. The number of imidazole rings is 1. The summed E-state index contributed by atoms with van der Waals surface area (Å²) in [5.74, 6) is -1.37. The van der Waals surface area contributed by atoms with Gasteiger partial charge in [0, 0.05) is 36.4 Å². The highest BCUT2D eigenvalue weighted by Crippen LogP contribution is 2.33. The van der Waals surface area contributed by atoms with Crippen LogP contribution in [0, 0.1) is 0 Å². The summed E-state index contributed by atoms with van der Waals surface area (Å²) in [5, 5.41) is 1.59. The molecule has 2 aromatic heterocycles. The smallest absolute Gasteiger partial charge is 0.310 e. The van der Waals surface area contributed by atoms with Crippen LogP contribution in [-0.4, -0.2) is 86.1 Å². The zero-order valence-electron chi connectivity index (χ0n) is 21.7. The average Bonchev–Trinajstić information content (AvgIpc) is 3.72. The largest absolute Gasteiger partial charge is 0.340 e. The lowest BCUT2D eigenvalue weighted by atomic mass is 10.1. The molecule has 208 valence electrons. The van der Waals surface area contributed by atoms with E-state index in [4.69, 9.17) is 0 Å². The molecule has 12 nitrogen and oxygen atoms in total. The second kappa shape index (κ2) is 11.1. The Labute approximate surface area is 231 Å². The van der Waals surface area contributed by atoms with E-state index in [1.165, 1.54) is 23.2 Å². The SMILES string of the molecule is CCCC(NC(=O)c1ccc(-n2ccnc2)cc1)C(=O)N1CCC2C1C(=O)CN2S(=O)(=O)C(=O)c1ccccn1. The number of likely N-dealkylation sites (tertiary alicyclic amines) is 1. The number of rotatable bonds is 8. The van der Waals surface area contributed by atoms with E-state index in [2.05, 4.69) is 15.3 Å². The van der Waals surface area contributed by atoms with Crippen LogP contribution >= 0.6 is 0 Å². The van der Waals surface area contributed by atoms with Gasteiger partial charge >= 0.3 is 5.12 Å². The number of sulfonamides is 1. The Bertz CT molecular complexity index is 1530. The highest BCUT2D eigenvalue weighted by atomic mass is 32.2. The van der Waals surface area contributed by atoms with E-state index in [0.717, 1.165) is 9.99 Å². The fourth-order valence-electron chi connectivity index (χ4n) is 5.25. The van der Waals surface area contributed by atoms with Crippen molar-refractivity contribution in [2.24, 2.45) is 0 Å². The number of aromatic nitrogens is 3. The van der Waals surface area contributed by atoms with Crippen LogP contribution in [0.25, 0.3) is 5.69 Å². The standard InChI is InChI=1S/C27H28N6O6S/c1-2-5-20(30-25(35)18-7-9-19(10-8-18)31-15-13-28-17-31)26(36)32-14-11-22-24(32)23(34)16-33(22)40(38,39)27(37)21-6-3-4-12-29-21/h3-4,6-10,12-13,15,17,20,22,24H,2,5,11,14,16H2,1H3,(H,30,35). The maximum atomic E-state index is 13.6. The molecular weight excluding hydrogens is 536 g/mol. The van der Waals surface area contributed by atoms with E-state index in [1.807, 2.05) is 6.92 Å². The predicted octanol–water partition coefficient (Wildman–Crippen LogP) is 1.19. The number of hydrogen-bond donors (Lipinski definition) is 1. The van der Waals surface area contributed by atoms with Crippen molar-refractivity contribution in [3.8, 4) is 5.69 Å². The zero-order chi connectivity index (χ0) is 28.4. The quantitative estimate of drug-likeness (QED) is 0.428. The van der Waals surface area contributed by atoms with Crippen LogP contribution in [0.5, 0.6) is 0 Å². The summed E-state index contributed by atoms with van der Waals surface area (Å²) in [6, 6.07) is 8.38. The van der Waals surface area contributed by atoms with Crippen LogP contribution in [0.15, 0.2) is 67.4 Å². The Morgan fingerprint density at radius 3 is 2.52 bits per heavy atom. The van der Waals surface area contributed by atoms with Gasteiger partial charge in [-0.25, -0.2) is 13.4 Å². The number of Topliss-reactive ketones (excluding diaryl/α,β-unsaturated/α-hetero) is 1. The van der Waals surface area contributed by atoms with Gasteiger partial charge in [-0.3, -0.25) is 24.2 Å². The van der Waals surface area contributed by atoms with Gasteiger partial charge in [-0.05, 0) is 49.2 Å². The molecule has 3 atom stereocenters. The fourth-order valence-corrected chi connectivity index (χ4v) is 6.72. The highest BCUT2D eigenvalue weighted by Gasteiger charge is 2.55. The number of pyridine rings is 1. The second-order valence-corrected chi connectivity index (χ2v) is 11.5. The van der Waals surface area contributed by atoms with Crippen molar-refractivity contribution in [1.29, 1.82) is 0 Å². The topological polar surface area (TPSA) is 152 Å². The van der Waals surface area contributed by atoms with E-state index in [0.29, 0.717) is 18.4 Å². The molecule has 3 unspecified atom stereocenters. The zero-order valence-corrected chi connectivity index (χ0v) is 22.5. The first-order valence-corrected chi connectivity index (χ1v) is 14.4. The molecule has 2 fully saturated rings. The van der Waals surface area contributed by atoms with E-state index in [1.54, 1.807) is 53.6 Å². The third kappa shape index (κ3) is 5.05. The van der Waals surface area contributed by atoms with Gasteiger partial charge in [0.1, 0.15) is 17.8 Å². The van der Waals surface area contributed by atoms with Crippen LogP contribution in [0.1, 0.15) is 47.0 Å². The normalized spacial score (nSPS) is 19.8. The first kappa shape index (κ1) is 27.3. The molecule has 4 heterocycles. The minimum absolute atomic E-state index is 0.124. The molecule has 2 saturated heterocycles. The molecule has 2 amide bonds. The van der Waals surface area contributed by atoms with Crippen LogP contribution in [-0.2, 0) is 19.6 Å². The third-order valence-corrected chi connectivity index (χ3v) is 8.89. The van der Waals surface area contributed by atoms with Crippen LogP contribution in [0.3, 0.4) is 0 Å². The van der Waals surface area contributed by atoms with Gasteiger partial charge in [0.15, 0.2) is 5.78 Å². The van der Waals surface area contributed by atoms with E-state index < -0.39 is 57.4 Å². The molecule has 5 rings (SSSR count). The van der Waals surface area contributed by atoms with Gasteiger partial charge in [0.05, 0.1) is 18.9 Å². The lowest BCUT2D eigenvalue weighted by Crippen LogP contribution is -2.52. The summed E-state index contributed by atoms with van der Waals surface area (Å²) < 4.78 is 29.0. The summed E-state index contributed by atoms with van der Waals surface area (Å²) in [5.41, 5.74) is 0.937. The predicted molar refractivity (Wildman–Crippen MR) is 143 cm³/mol. The number of nitrogens with zero attached hydrogens (tertiary/aromatic N) is 5. The molecule has 0 spiro atoms. The molecule has 0 radical (unpaired) electrons. The molecule has 40 heavy (non-hydrogen) atoms. The lowest BCUT2D eigenvalue weighted by Gasteiger charge is -2.28. The molecule has 0 saturated carbocycles. The first-order chi connectivity index (χ1) is 19.2. The molecule has 2 aliphatic heterocycles. The molecule has 3 aromatic rings. The lowest BCUT2D eigenvalue weighted by molar-refractivity contribution is -0.138. The van der Waals surface area contributed by atoms with Gasteiger partial charge in [-0.15, -0.1) is 0 Å². The maximum Gasteiger partial charge on any atom is 0.310 e. The molecule has 1 aromatic carbocycles. The Hall–Kier alpha value is -4.23. The maximum absolute atomic E-state index is 13.6. The average molecular weight is 565 g/mol. The van der Waals surface area contributed by atoms with E-state index >= 15 is 0 Å². The number of benzene rings is 1. The minimum Gasteiger partial charge on any atom is -0.340 e. The van der Waals surface area contributed by atoms with Crippen molar-refractivity contribution in [2.75, 3.05) is 13.1 Å². The van der Waals surface area contributed by atoms with Gasteiger partial charge in [-0.1, -0.05) is 19.4 Å². The second-order valence-electron chi connectivity index (χ2n) is 9.68. The molecule has 0 bridgehead atoms. The number of nitrogens with one attached hydrogen (secondary N) is 1. The van der Waals surface area contributed by atoms with Gasteiger partial charge in [-0.2, -0.15) is 4.31 Å². The van der Waals surface area contributed by atoms with Gasteiger partial charge in [0.25, 0.3) is 15.9 Å². The number of ketones is 1. The van der Waals surface area contributed by atoms with Crippen LogP contribution in [0.4, 0.5) is 0 Å². The molecule has 13 heteroatoms. The highest BCUT2D eigenvalue weighted by molar-refractivity contribution is 8.04. The molecule has 0 aliphatic carbocycles. The Morgan fingerprint density at radius 1 is 1.10 bits per heavy atom. The van der Waals surface area contributed by atoms with Crippen molar-refractivity contribution < 1.29 is 27.6 Å². The summed E-state index contributed by atoms with van der Waals surface area (Å²) in [6.07, 6.45) is 7.49. The number of amides is 2. The van der Waals surface area contributed by atoms with Crippen molar-refractivity contribution >= 4 is 32.7 Å². The monoisotopic (exact) mass is 564 g/mol. The summed E-state index contributed by atoms with van der Waals surface area (Å²) in [7, 11) is -4.54. The summed E-state index contributed by atoms with van der Waals surface area (Å²) in [6.45, 7) is 1.49.